The molecular weight excluding hydrogens is 408 g/mol. The summed E-state index contributed by atoms with van der Waals surface area (Å²) >= 11 is 1.50. The molecule has 0 N–H and O–H groups in total. The maximum Gasteiger partial charge on any atom is 0.233 e. The molecule has 0 atom stereocenters. The summed E-state index contributed by atoms with van der Waals surface area (Å²) in [6, 6.07) is 14.5. The van der Waals surface area contributed by atoms with Gasteiger partial charge in [0.1, 0.15) is 5.75 Å². The lowest BCUT2D eigenvalue weighted by atomic mass is 10.1. The fourth-order valence-electron chi connectivity index (χ4n) is 3.88. The third-order valence-corrected chi connectivity index (χ3v) is 6.56. The lowest BCUT2D eigenvalue weighted by molar-refractivity contribution is -0.128. The van der Waals surface area contributed by atoms with E-state index in [-0.39, 0.29) is 5.91 Å². The van der Waals surface area contributed by atoms with Gasteiger partial charge >= 0.3 is 0 Å². The summed E-state index contributed by atoms with van der Waals surface area (Å²) in [5, 5.41) is 0.845. The van der Waals surface area contributed by atoms with E-state index in [4.69, 9.17) is 4.74 Å². The van der Waals surface area contributed by atoms with E-state index in [9.17, 15) is 4.79 Å². The number of carbonyl (C=O) groups is 1. The predicted octanol–water partition coefficient (Wildman–Crippen LogP) is 3.94. The number of rotatable bonds is 6. The van der Waals surface area contributed by atoms with E-state index in [1.807, 2.05) is 23.2 Å². The molecule has 31 heavy (non-hydrogen) atoms. The molecule has 4 rings (SSSR count). The molecule has 1 amide bonds. The van der Waals surface area contributed by atoms with E-state index in [0.29, 0.717) is 5.75 Å². The minimum absolute atomic E-state index is 0.162. The highest BCUT2D eigenvalue weighted by Gasteiger charge is 2.22. The minimum Gasteiger partial charge on any atom is -0.497 e. The number of benzene rings is 2. The van der Waals surface area contributed by atoms with Crippen molar-refractivity contribution in [3.05, 3.63) is 66.0 Å². The van der Waals surface area contributed by atoms with Crippen molar-refractivity contribution in [3.8, 4) is 11.4 Å². The van der Waals surface area contributed by atoms with Crippen molar-refractivity contribution in [2.24, 2.45) is 0 Å². The fraction of sp³-hybridized carbons (Fsp3) is 0.333. The van der Waals surface area contributed by atoms with Gasteiger partial charge in [-0.2, -0.15) is 0 Å². The van der Waals surface area contributed by atoms with Crippen LogP contribution in [0.4, 0.5) is 5.69 Å². The molecule has 1 aliphatic rings. The zero-order chi connectivity index (χ0) is 21.8. The molecule has 0 spiro atoms. The summed E-state index contributed by atoms with van der Waals surface area (Å²) < 4.78 is 7.29. The number of piperazine rings is 1. The van der Waals surface area contributed by atoms with Crippen LogP contribution in [-0.2, 0) is 4.79 Å². The average molecular weight is 437 g/mol. The number of amides is 1. The summed E-state index contributed by atoms with van der Waals surface area (Å²) in [7, 11) is 1.67. The lowest BCUT2D eigenvalue weighted by Gasteiger charge is -2.36. The minimum atomic E-state index is 0.162. The Balaban J connectivity index is 1.33. The zero-order valence-electron chi connectivity index (χ0n) is 18.2. The second-order valence-corrected chi connectivity index (χ2v) is 8.67. The van der Waals surface area contributed by atoms with E-state index >= 15 is 0 Å². The molecule has 3 aromatic rings. The van der Waals surface area contributed by atoms with E-state index in [1.165, 1.54) is 22.9 Å². The summed E-state index contributed by atoms with van der Waals surface area (Å²) in [5.74, 6) is 1.41. The molecule has 1 aromatic heterocycles. The van der Waals surface area contributed by atoms with Gasteiger partial charge in [-0.1, -0.05) is 29.5 Å². The zero-order valence-corrected chi connectivity index (χ0v) is 19.1. The predicted molar refractivity (Wildman–Crippen MR) is 126 cm³/mol. The number of ether oxygens (including phenoxy) is 1. The molecule has 1 fully saturated rings. The number of aromatic nitrogens is 2. The van der Waals surface area contributed by atoms with Crippen LogP contribution in [0.3, 0.4) is 0 Å². The molecule has 0 radical (unpaired) electrons. The lowest BCUT2D eigenvalue weighted by Crippen LogP contribution is -2.49. The first kappa shape index (κ1) is 21.3. The highest BCUT2D eigenvalue weighted by atomic mass is 32.2. The Bertz CT molecular complexity index is 1040. The molecule has 0 saturated carbocycles. The Morgan fingerprint density at radius 3 is 2.48 bits per heavy atom. The SMILES string of the molecule is COc1ccc(N2CCN(C(=O)CSc3nccn3-c3ccc(C)cc3C)CC2)cc1. The summed E-state index contributed by atoms with van der Waals surface area (Å²) in [4.78, 5) is 21.6. The van der Waals surface area contributed by atoms with Crippen LogP contribution in [0.1, 0.15) is 11.1 Å². The maximum atomic E-state index is 12.8. The average Bonchev–Trinajstić information content (AvgIpc) is 3.26. The molecular formula is C24H28N4O2S. The molecule has 0 unspecified atom stereocenters. The quantitative estimate of drug-likeness (QED) is 0.548. The Kier molecular flexibility index (Phi) is 6.51. The Labute approximate surface area is 187 Å². The topological polar surface area (TPSA) is 50.6 Å². The van der Waals surface area contributed by atoms with Crippen LogP contribution >= 0.6 is 11.8 Å². The standard InChI is InChI=1S/C24H28N4O2S/c1-18-4-9-22(19(2)16-18)28-11-10-25-24(28)31-17-23(29)27-14-12-26(13-15-27)20-5-7-21(30-3)8-6-20/h4-11,16H,12-15,17H2,1-3H3. The van der Waals surface area contributed by atoms with Crippen molar-refractivity contribution < 1.29 is 9.53 Å². The summed E-state index contributed by atoms with van der Waals surface area (Å²) in [6.45, 7) is 7.32. The third kappa shape index (κ3) is 4.88. The number of hydrogen-bond donors (Lipinski definition) is 0. The molecule has 162 valence electrons. The molecule has 2 aromatic carbocycles. The highest BCUT2D eigenvalue weighted by molar-refractivity contribution is 7.99. The van der Waals surface area contributed by atoms with Crippen molar-refractivity contribution in [1.29, 1.82) is 0 Å². The fourth-order valence-corrected chi connectivity index (χ4v) is 4.75. The molecule has 2 heterocycles. The van der Waals surface area contributed by atoms with Gasteiger partial charge in [-0.25, -0.2) is 4.98 Å². The molecule has 0 aliphatic carbocycles. The monoisotopic (exact) mass is 436 g/mol. The summed E-state index contributed by atoms with van der Waals surface area (Å²) in [6.07, 6.45) is 3.75. The van der Waals surface area contributed by atoms with Gasteiger partial charge in [-0.3, -0.25) is 9.36 Å². The van der Waals surface area contributed by atoms with Crippen molar-refractivity contribution in [2.75, 3.05) is 43.9 Å². The smallest absolute Gasteiger partial charge is 0.233 e. The number of aryl methyl sites for hydroxylation is 2. The van der Waals surface area contributed by atoms with Crippen LogP contribution in [0.2, 0.25) is 0 Å². The number of nitrogens with zero attached hydrogens (tertiary/aromatic N) is 4. The van der Waals surface area contributed by atoms with Crippen molar-refractivity contribution in [1.82, 2.24) is 14.5 Å². The molecule has 0 bridgehead atoms. The number of thioether (sulfide) groups is 1. The molecule has 1 aliphatic heterocycles. The van der Waals surface area contributed by atoms with Gasteiger partial charge in [0, 0.05) is 44.3 Å². The van der Waals surface area contributed by atoms with E-state index in [2.05, 4.69) is 58.6 Å². The Morgan fingerprint density at radius 1 is 1.06 bits per heavy atom. The van der Waals surface area contributed by atoms with E-state index in [1.54, 1.807) is 13.3 Å². The van der Waals surface area contributed by atoms with Crippen LogP contribution < -0.4 is 9.64 Å². The first-order chi connectivity index (χ1) is 15.0. The van der Waals surface area contributed by atoms with Crippen molar-refractivity contribution in [2.45, 2.75) is 19.0 Å². The van der Waals surface area contributed by atoms with Gasteiger partial charge in [0.25, 0.3) is 0 Å². The van der Waals surface area contributed by atoms with Crippen molar-refractivity contribution >= 4 is 23.4 Å². The third-order valence-electron chi connectivity index (χ3n) is 5.61. The van der Waals surface area contributed by atoms with Crippen LogP contribution in [0.15, 0.2) is 60.0 Å². The number of imidazole rings is 1. The number of anilines is 1. The molecule has 7 heteroatoms. The van der Waals surface area contributed by atoms with Gasteiger partial charge in [0.05, 0.1) is 18.6 Å². The summed E-state index contributed by atoms with van der Waals surface area (Å²) in [5.41, 5.74) is 4.70. The number of hydrogen-bond acceptors (Lipinski definition) is 5. The van der Waals surface area contributed by atoms with Crippen LogP contribution in [0.25, 0.3) is 5.69 Å². The normalized spacial score (nSPS) is 14.0. The van der Waals surface area contributed by atoms with Crippen LogP contribution in [0, 0.1) is 13.8 Å². The van der Waals surface area contributed by atoms with Gasteiger partial charge in [0.2, 0.25) is 5.91 Å². The molecule has 6 nitrogen and oxygen atoms in total. The Morgan fingerprint density at radius 2 is 1.81 bits per heavy atom. The first-order valence-corrected chi connectivity index (χ1v) is 11.4. The van der Waals surface area contributed by atoms with Gasteiger partial charge < -0.3 is 14.5 Å². The largest absolute Gasteiger partial charge is 0.497 e. The second kappa shape index (κ2) is 9.47. The van der Waals surface area contributed by atoms with Gasteiger partial charge in [-0.15, -0.1) is 0 Å². The van der Waals surface area contributed by atoms with Gasteiger partial charge in [0.15, 0.2) is 5.16 Å². The maximum absolute atomic E-state index is 12.8. The van der Waals surface area contributed by atoms with Crippen LogP contribution in [0.5, 0.6) is 5.75 Å². The van der Waals surface area contributed by atoms with Gasteiger partial charge in [-0.05, 0) is 49.7 Å². The number of carbonyl (C=O) groups excluding carboxylic acids is 1. The van der Waals surface area contributed by atoms with Crippen LogP contribution in [-0.4, -0.2) is 59.4 Å². The van der Waals surface area contributed by atoms with Crippen molar-refractivity contribution in [3.63, 3.8) is 0 Å². The number of methoxy groups -OCH3 is 1. The highest BCUT2D eigenvalue weighted by Crippen LogP contribution is 2.24. The Hall–Kier alpha value is -2.93. The van der Waals surface area contributed by atoms with E-state index in [0.717, 1.165) is 48.5 Å². The molecule has 1 saturated heterocycles. The van der Waals surface area contributed by atoms with E-state index < -0.39 is 0 Å². The first-order valence-electron chi connectivity index (χ1n) is 10.5. The second-order valence-electron chi connectivity index (χ2n) is 7.72.